The normalized spacial score (nSPS) is 16.4. The lowest BCUT2D eigenvalue weighted by molar-refractivity contribution is -0.142. The van der Waals surface area contributed by atoms with E-state index in [4.69, 9.17) is 0 Å². The predicted molar refractivity (Wildman–Crippen MR) is 104 cm³/mol. The zero-order chi connectivity index (χ0) is 19.4. The Bertz CT molecular complexity index is 857. The van der Waals surface area contributed by atoms with Crippen molar-refractivity contribution < 1.29 is 14.4 Å². The Morgan fingerprint density at radius 1 is 1.11 bits per heavy atom. The molecule has 1 heterocycles. The van der Waals surface area contributed by atoms with Crippen molar-refractivity contribution in [2.45, 2.75) is 25.3 Å². The summed E-state index contributed by atoms with van der Waals surface area (Å²) in [6, 6.07) is 13.4. The molecule has 0 spiro atoms. The fourth-order valence-corrected chi connectivity index (χ4v) is 3.58. The van der Waals surface area contributed by atoms with E-state index in [1.165, 1.54) is 4.90 Å². The maximum atomic E-state index is 12.5. The molecule has 0 aliphatic carbocycles. The predicted octanol–water partition coefficient (Wildman–Crippen LogP) is 1.58. The molecule has 0 saturated carbocycles. The molecule has 1 aliphatic heterocycles. The number of rotatable bonds is 5. The molecular formula is C21H25N3O3. The molecule has 142 valence electrons. The molecule has 1 atom stereocenters. The van der Waals surface area contributed by atoms with Crippen LogP contribution in [0.4, 0.5) is 0 Å². The summed E-state index contributed by atoms with van der Waals surface area (Å²) in [7, 11) is 3.38. The van der Waals surface area contributed by atoms with Crippen molar-refractivity contribution in [3.05, 3.63) is 48.0 Å². The third-order valence-electron chi connectivity index (χ3n) is 4.97. The number of nitrogens with zero attached hydrogens (tertiary/aromatic N) is 2. The minimum absolute atomic E-state index is 0.0667. The molecule has 2 aromatic rings. The van der Waals surface area contributed by atoms with E-state index in [-0.39, 0.29) is 30.7 Å². The van der Waals surface area contributed by atoms with Gasteiger partial charge in [0.25, 0.3) is 0 Å². The summed E-state index contributed by atoms with van der Waals surface area (Å²) in [5.41, 5.74) is 0.930. The first-order valence-electron chi connectivity index (χ1n) is 9.21. The summed E-state index contributed by atoms with van der Waals surface area (Å²) >= 11 is 0. The lowest BCUT2D eigenvalue weighted by Gasteiger charge is -2.26. The third kappa shape index (κ3) is 4.27. The van der Waals surface area contributed by atoms with Crippen molar-refractivity contribution in [2.24, 2.45) is 0 Å². The van der Waals surface area contributed by atoms with Gasteiger partial charge in [-0.1, -0.05) is 42.5 Å². The zero-order valence-electron chi connectivity index (χ0n) is 15.8. The molecule has 1 unspecified atom stereocenters. The molecule has 1 N–H and O–H groups in total. The molecule has 1 fully saturated rings. The fourth-order valence-electron chi connectivity index (χ4n) is 3.58. The largest absolute Gasteiger partial charge is 0.347 e. The van der Waals surface area contributed by atoms with E-state index in [1.807, 2.05) is 42.5 Å². The molecule has 2 aromatic carbocycles. The number of fused-ring (bicyclic) bond motifs is 1. The smallest absolute Gasteiger partial charge is 0.244 e. The number of amides is 3. The van der Waals surface area contributed by atoms with Gasteiger partial charge >= 0.3 is 0 Å². The summed E-state index contributed by atoms with van der Waals surface area (Å²) in [6.07, 6.45) is 1.70. The molecule has 27 heavy (non-hydrogen) atoms. The number of likely N-dealkylation sites (N-methyl/N-ethyl adjacent to an activating group) is 1. The van der Waals surface area contributed by atoms with E-state index in [2.05, 4.69) is 5.32 Å². The molecule has 0 bridgehead atoms. The fraction of sp³-hybridized carbons (Fsp3) is 0.381. The molecule has 1 aliphatic rings. The van der Waals surface area contributed by atoms with Crippen molar-refractivity contribution in [1.82, 2.24) is 15.1 Å². The minimum atomic E-state index is -0.414. The Labute approximate surface area is 159 Å². The van der Waals surface area contributed by atoms with E-state index in [1.54, 1.807) is 19.0 Å². The molecule has 0 aromatic heterocycles. The van der Waals surface area contributed by atoms with Gasteiger partial charge in [0.15, 0.2) is 0 Å². The van der Waals surface area contributed by atoms with E-state index in [9.17, 15) is 14.4 Å². The molecule has 3 amide bonds. The van der Waals surface area contributed by atoms with E-state index in [0.29, 0.717) is 13.0 Å². The van der Waals surface area contributed by atoms with Crippen LogP contribution in [0.3, 0.4) is 0 Å². The Morgan fingerprint density at radius 2 is 1.85 bits per heavy atom. The van der Waals surface area contributed by atoms with Crippen LogP contribution < -0.4 is 5.32 Å². The SMILES string of the molecule is CN(C)C(=O)C1CCCN1C(=O)CNC(=O)Cc1cccc2ccccc12. The van der Waals surface area contributed by atoms with Crippen LogP contribution in [0.5, 0.6) is 0 Å². The average Bonchev–Trinajstić information content (AvgIpc) is 3.15. The van der Waals surface area contributed by atoms with Crippen molar-refractivity contribution in [3.63, 3.8) is 0 Å². The quantitative estimate of drug-likeness (QED) is 0.872. The maximum Gasteiger partial charge on any atom is 0.244 e. The third-order valence-corrected chi connectivity index (χ3v) is 4.97. The highest BCUT2D eigenvalue weighted by Crippen LogP contribution is 2.20. The molecule has 6 heteroatoms. The van der Waals surface area contributed by atoms with E-state index in [0.717, 1.165) is 22.8 Å². The number of benzene rings is 2. The van der Waals surface area contributed by atoms with E-state index >= 15 is 0 Å². The van der Waals surface area contributed by atoms with Gasteiger partial charge in [-0.3, -0.25) is 14.4 Å². The lowest BCUT2D eigenvalue weighted by Crippen LogP contribution is -2.48. The maximum absolute atomic E-state index is 12.5. The van der Waals surface area contributed by atoms with Crippen molar-refractivity contribution in [1.29, 1.82) is 0 Å². The Balaban J connectivity index is 1.59. The highest BCUT2D eigenvalue weighted by molar-refractivity contribution is 5.93. The lowest BCUT2D eigenvalue weighted by atomic mass is 10.0. The van der Waals surface area contributed by atoms with Gasteiger partial charge in [-0.15, -0.1) is 0 Å². The molecule has 1 saturated heterocycles. The molecular weight excluding hydrogens is 342 g/mol. The van der Waals surface area contributed by atoms with Crippen LogP contribution in [0.25, 0.3) is 10.8 Å². The number of hydrogen-bond donors (Lipinski definition) is 1. The first-order valence-corrected chi connectivity index (χ1v) is 9.21. The van der Waals surface area contributed by atoms with Gasteiger partial charge in [-0.25, -0.2) is 0 Å². The van der Waals surface area contributed by atoms with Crippen LogP contribution in [0.2, 0.25) is 0 Å². The highest BCUT2D eigenvalue weighted by Gasteiger charge is 2.34. The molecule has 3 rings (SSSR count). The van der Waals surface area contributed by atoms with Crippen LogP contribution in [-0.2, 0) is 20.8 Å². The summed E-state index contributed by atoms with van der Waals surface area (Å²) < 4.78 is 0. The summed E-state index contributed by atoms with van der Waals surface area (Å²) in [4.78, 5) is 40.1. The van der Waals surface area contributed by atoms with Crippen molar-refractivity contribution in [3.8, 4) is 0 Å². The van der Waals surface area contributed by atoms with Crippen molar-refractivity contribution in [2.75, 3.05) is 27.2 Å². The van der Waals surface area contributed by atoms with Crippen LogP contribution >= 0.6 is 0 Å². The minimum Gasteiger partial charge on any atom is -0.347 e. The summed E-state index contributed by atoms with van der Waals surface area (Å²) in [6.45, 7) is 0.475. The van der Waals surface area contributed by atoms with Crippen molar-refractivity contribution >= 4 is 28.5 Å². The summed E-state index contributed by atoms with van der Waals surface area (Å²) in [5.74, 6) is -0.476. The zero-order valence-corrected chi connectivity index (χ0v) is 15.8. The van der Waals surface area contributed by atoms with Crippen LogP contribution in [0.15, 0.2) is 42.5 Å². The number of carbonyl (C=O) groups is 3. The molecule has 0 radical (unpaired) electrons. The van der Waals surface area contributed by atoms with Crippen LogP contribution in [-0.4, -0.2) is 60.7 Å². The number of likely N-dealkylation sites (tertiary alicyclic amines) is 1. The second kappa shape index (κ2) is 8.20. The topological polar surface area (TPSA) is 69.7 Å². The van der Waals surface area contributed by atoms with Crippen LogP contribution in [0, 0.1) is 0 Å². The van der Waals surface area contributed by atoms with Gasteiger partial charge in [0, 0.05) is 20.6 Å². The van der Waals surface area contributed by atoms with E-state index < -0.39 is 6.04 Å². The highest BCUT2D eigenvalue weighted by atomic mass is 16.2. The second-order valence-electron chi connectivity index (χ2n) is 7.07. The standard InChI is InChI=1S/C21H25N3O3/c1-23(2)21(27)18-11-6-12-24(18)20(26)14-22-19(25)13-16-9-5-8-15-7-3-4-10-17(15)16/h3-5,7-10,18H,6,11-14H2,1-2H3,(H,22,25). The first-order chi connectivity index (χ1) is 13.0. The number of nitrogens with one attached hydrogen (secondary N) is 1. The number of hydrogen-bond acceptors (Lipinski definition) is 3. The Hall–Kier alpha value is -2.89. The van der Waals surface area contributed by atoms with Gasteiger partial charge in [0.2, 0.25) is 17.7 Å². The van der Waals surface area contributed by atoms with Gasteiger partial charge < -0.3 is 15.1 Å². The Morgan fingerprint density at radius 3 is 2.63 bits per heavy atom. The van der Waals surface area contributed by atoms with Crippen LogP contribution in [0.1, 0.15) is 18.4 Å². The van der Waals surface area contributed by atoms with Gasteiger partial charge in [0.05, 0.1) is 13.0 Å². The second-order valence-corrected chi connectivity index (χ2v) is 7.07. The average molecular weight is 367 g/mol. The first kappa shape index (κ1) is 18.9. The van der Waals surface area contributed by atoms with Gasteiger partial charge in [0.1, 0.15) is 6.04 Å². The number of carbonyl (C=O) groups excluding carboxylic acids is 3. The van der Waals surface area contributed by atoms with Gasteiger partial charge in [-0.05, 0) is 29.2 Å². The monoisotopic (exact) mass is 367 g/mol. The van der Waals surface area contributed by atoms with Gasteiger partial charge in [-0.2, -0.15) is 0 Å². The molecule has 6 nitrogen and oxygen atoms in total. The Kier molecular flexibility index (Phi) is 5.74. The summed E-state index contributed by atoms with van der Waals surface area (Å²) in [5, 5.41) is 4.83.